The maximum absolute atomic E-state index is 6.16. The molecule has 1 heterocycles. The highest BCUT2D eigenvalue weighted by Gasteiger charge is 2.15. The van der Waals surface area contributed by atoms with Gasteiger partial charge in [-0.25, -0.2) is 4.68 Å². The molecule has 3 nitrogen and oxygen atoms in total. The third kappa shape index (κ3) is 2.65. The van der Waals surface area contributed by atoms with Gasteiger partial charge in [-0.3, -0.25) is 0 Å². The van der Waals surface area contributed by atoms with Crippen LogP contribution in [0.15, 0.2) is 30.5 Å². The highest BCUT2D eigenvalue weighted by molar-refractivity contribution is 5.49. The topological polar surface area (TPSA) is 43.8 Å². The summed E-state index contributed by atoms with van der Waals surface area (Å²) in [5.74, 6) is 1.13. The first-order chi connectivity index (χ1) is 8.80. The molecule has 3 heteroatoms. The van der Waals surface area contributed by atoms with Gasteiger partial charge in [0.05, 0.1) is 11.9 Å². The lowest BCUT2D eigenvalue weighted by molar-refractivity contribution is 0.590. The predicted molar refractivity (Wildman–Crippen MR) is 80.8 cm³/mol. The Hall–Kier alpha value is -1.77. The summed E-state index contributed by atoms with van der Waals surface area (Å²) in [6.07, 6.45) is 1.86. The van der Waals surface area contributed by atoms with Crippen LogP contribution in [-0.2, 0) is 5.41 Å². The predicted octanol–water partition coefficient (Wildman–Crippen LogP) is 3.88. The Bertz CT molecular complexity index is 557. The summed E-state index contributed by atoms with van der Waals surface area (Å²) >= 11 is 0. The molecule has 0 aliphatic rings. The SMILES string of the molecule is CC(C)c1cnn(-c2ccc(C(C)(C)C)cc2)c1N. The van der Waals surface area contributed by atoms with Crippen molar-refractivity contribution in [3.63, 3.8) is 0 Å². The average Bonchev–Trinajstić information content (AvgIpc) is 2.70. The van der Waals surface area contributed by atoms with Crippen molar-refractivity contribution in [1.29, 1.82) is 0 Å². The molecule has 19 heavy (non-hydrogen) atoms. The fourth-order valence-electron chi connectivity index (χ4n) is 2.12. The molecule has 2 N–H and O–H groups in total. The van der Waals surface area contributed by atoms with E-state index in [9.17, 15) is 0 Å². The number of nitrogens with zero attached hydrogens (tertiary/aromatic N) is 2. The van der Waals surface area contributed by atoms with Gasteiger partial charge in [-0.1, -0.05) is 46.8 Å². The fourth-order valence-corrected chi connectivity index (χ4v) is 2.12. The van der Waals surface area contributed by atoms with E-state index in [0.29, 0.717) is 5.92 Å². The van der Waals surface area contributed by atoms with E-state index in [-0.39, 0.29) is 5.41 Å². The minimum atomic E-state index is 0.164. The van der Waals surface area contributed by atoms with Crippen molar-refractivity contribution >= 4 is 5.82 Å². The Morgan fingerprint density at radius 1 is 1.11 bits per heavy atom. The van der Waals surface area contributed by atoms with Gasteiger partial charge in [0, 0.05) is 5.56 Å². The Kier molecular flexibility index (Phi) is 3.40. The van der Waals surface area contributed by atoms with Gasteiger partial charge in [0.2, 0.25) is 0 Å². The van der Waals surface area contributed by atoms with Crippen molar-refractivity contribution in [3.05, 3.63) is 41.6 Å². The summed E-state index contributed by atoms with van der Waals surface area (Å²) in [5, 5.41) is 4.39. The number of aromatic nitrogens is 2. The molecule has 2 rings (SSSR count). The van der Waals surface area contributed by atoms with Crippen molar-refractivity contribution in [2.75, 3.05) is 5.73 Å². The molecule has 0 aliphatic heterocycles. The van der Waals surface area contributed by atoms with Crippen LogP contribution in [0, 0.1) is 0 Å². The molecule has 2 aromatic rings. The smallest absolute Gasteiger partial charge is 0.130 e. The molecule has 0 radical (unpaired) electrons. The van der Waals surface area contributed by atoms with E-state index in [0.717, 1.165) is 17.1 Å². The second-order valence-corrected chi connectivity index (χ2v) is 6.35. The molecule has 0 saturated heterocycles. The second-order valence-electron chi connectivity index (χ2n) is 6.35. The molecule has 102 valence electrons. The van der Waals surface area contributed by atoms with E-state index in [1.165, 1.54) is 5.56 Å². The molecule has 0 fully saturated rings. The average molecular weight is 257 g/mol. The van der Waals surface area contributed by atoms with Gasteiger partial charge in [-0.15, -0.1) is 0 Å². The molecule has 0 unspecified atom stereocenters. The number of nitrogens with two attached hydrogens (primary N) is 1. The number of benzene rings is 1. The number of hydrogen-bond donors (Lipinski definition) is 1. The molecular formula is C16H23N3. The van der Waals surface area contributed by atoms with E-state index < -0.39 is 0 Å². The van der Waals surface area contributed by atoms with E-state index >= 15 is 0 Å². The summed E-state index contributed by atoms with van der Waals surface area (Å²) in [6, 6.07) is 8.44. The molecule has 0 amide bonds. The van der Waals surface area contributed by atoms with Crippen LogP contribution in [0.4, 0.5) is 5.82 Å². The zero-order valence-corrected chi connectivity index (χ0v) is 12.4. The van der Waals surface area contributed by atoms with Crippen LogP contribution in [0.2, 0.25) is 0 Å². The minimum absolute atomic E-state index is 0.164. The first-order valence-electron chi connectivity index (χ1n) is 6.75. The van der Waals surface area contributed by atoms with E-state index in [1.54, 1.807) is 0 Å². The monoisotopic (exact) mass is 257 g/mol. The normalized spacial score (nSPS) is 12.1. The molecule has 1 aromatic carbocycles. The van der Waals surface area contributed by atoms with E-state index in [2.05, 4.69) is 64.0 Å². The molecule has 0 aliphatic carbocycles. The van der Waals surface area contributed by atoms with Gasteiger partial charge >= 0.3 is 0 Å². The third-order valence-electron chi connectivity index (χ3n) is 3.44. The van der Waals surface area contributed by atoms with Crippen molar-refractivity contribution in [3.8, 4) is 5.69 Å². The molecule has 0 saturated carbocycles. The van der Waals surface area contributed by atoms with Crippen LogP contribution in [0.1, 0.15) is 51.7 Å². The Balaban J connectivity index is 2.38. The number of anilines is 1. The van der Waals surface area contributed by atoms with Crippen molar-refractivity contribution in [2.45, 2.75) is 46.0 Å². The number of nitrogen functional groups attached to an aromatic ring is 1. The molecular weight excluding hydrogens is 234 g/mol. The van der Waals surface area contributed by atoms with Crippen LogP contribution in [-0.4, -0.2) is 9.78 Å². The van der Waals surface area contributed by atoms with Crippen molar-refractivity contribution in [1.82, 2.24) is 9.78 Å². The van der Waals surface area contributed by atoms with Gasteiger partial charge in [0.15, 0.2) is 0 Å². The zero-order valence-electron chi connectivity index (χ0n) is 12.4. The van der Waals surface area contributed by atoms with Crippen LogP contribution in [0.5, 0.6) is 0 Å². The summed E-state index contributed by atoms with van der Waals surface area (Å²) in [4.78, 5) is 0. The highest BCUT2D eigenvalue weighted by atomic mass is 15.3. The lowest BCUT2D eigenvalue weighted by Crippen LogP contribution is -2.11. The summed E-state index contributed by atoms with van der Waals surface area (Å²) in [7, 11) is 0. The van der Waals surface area contributed by atoms with E-state index in [1.807, 2.05) is 10.9 Å². The summed E-state index contributed by atoms with van der Waals surface area (Å²) in [5.41, 5.74) is 9.74. The number of hydrogen-bond acceptors (Lipinski definition) is 2. The maximum atomic E-state index is 6.16. The third-order valence-corrected chi connectivity index (χ3v) is 3.44. The quantitative estimate of drug-likeness (QED) is 0.887. The largest absolute Gasteiger partial charge is 0.383 e. The van der Waals surface area contributed by atoms with Gasteiger partial charge in [-0.2, -0.15) is 5.10 Å². The Morgan fingerprint density at radius 3 is 2.11 bits per heavy atom. The zero-order chi connectivity index (χ0) is 14.2. The maximum Gasteiger partial charge on any atom is 0.130 e. The van der Waals surface area contributed by atoms with Crippen LogP contribution < -0.4 is 5.73 Å². The highest BCUT2D eigenvalue weighted by Crippen LogP contribution is 2.26. The van der Waals surface area contributed by atoms with Crippen LogP contribution in [0.25, 0.3) is 5.69 Å². The van der Waals surface area contributed by atoms with Gasteiger partial charge in [0.1, 0.15) is 5.82 Å². The summed E-state index contributed by atoms with van der Waals surface area (Å²) < 4.78 is 1.81. The lowest BCUT2D eigenvalue weighted by atomic mass is 9.87. The second kappa shape index (κ2) is 4.72. The van der Waals surface area contributed by atoms with Crippen molar-refractivity contribution in [2.24, 2.45) is 0 Å². The lowest BCUT2D eigenvalue weighted by Gasteiger charge is -2.19. The van der Waals surface area contributed by atoms with Crippen LogP contribution in [0.3, 0.4) is 0 Å². The summed E-state index contributed by atoms with van der Waals surface area (Å²) in [6.45, 7) is 10.9. The first kappa shape index (κ1) is 13.7. The molecule has 0 bridgehead atoms. The standard InChI is InChI=1S/C16H23N3/c1-11(2)14-10-18-19(15(14)17)13-8-6-12(7-9-13)16(3,4)5/h6-11H,17H2,1-5H3. The van der Waals surface area contributed by atoms with Crippen LogP contribution >= 0.6 is 0 Å². The molecule has 1 aromatic heterocycles. The van der Waals surface area contributed by atoms with Gasteiger partial charge < -0.3 is 5.73 Å². The molecule has 0 spiro atoms. The van der Waals surface area contributed by atoms with Gasteiger partial charge in [-0.05, 0) is 29.0 Å². The van der Waals surface area contributed by atoms with Gasteiger partial charge in [0.25, 0.3) is 0 Å². The molecule has 0 atom stereocenters. The number of rotatable bonds is 2. The van der Waals surface area contributed by atoms with E-state index in [4.69, 9.17) is 5.73 Å². The fraction of sp³-hybridized carbons (Fsp3) is 0.438. The van der Waals surface area contributed by atoms with Crippen molar-refractivity contribution < 1.29 is 0 Å². The first-order valence-corrected chi connectivity index (χ1v) is 6.75. The Labute approximate surface area is 115 Å². The minimum Gasteiger partial charge on any atom is -0.383 e. The Morgan fingerprint density at radius 2 is 1.68 bits per heavy atom.